The monoisotopic (exact) mass is 873 g/mol. The van der Waals surface area contributed by atoms with E-state index in [1.807, 2.05) is 12.1 Å². The summed E-state index contributed by atoms with van der Waals surface area (Å²) in [4.78, 5) is 26.1. The molecule has 0 radical (unpaired) electrons. The van der Waals surface area contributed by atoms with Gasteiger partial charge in [-0.3, -0.25) is 9.59 Å². The topological polar surface area (TPSA) is 114 Å². The zero-order valence-corrected chi connectivity index (χ0v) is 41.3. The van der Waals surface area contributed by atoms with Gasteiger partial charge in [0.25, 0.3) is 5.91 Å². The number of rotatable bonds is 48. The second-order valence-corrected chi connectivity index (χ2v) is 18.2. The van der Waals surface area contributed by atoms with Crippen LogP contribution in [0.3, 0.4) is 0 Å². The van der Waals surface area contributed by atoms with Crippen LogP contribution in [0.15, 0.2) is 12.1 Å². The smallest absolute Gasteiger partial charge is 0.251 e. The number of carbonyl (C=O) groups is 2. The molecule has 5 N–H and O–H groups in total. The van der Waals surface area contributed by atoms with Gasteiger partial charge < -0.3 is 30.6 Å². The molecule has 8 nitrogen and oxygen atoms in total. The molecule has 0 saturated carbocycles. The SMILES string of the molecule is CCCCCCCCCCCCOc1cc(C(=O)NCCCC(=O)NCCCCCCC[NH3+])cc(OCCCCCCCCCCCC)c1OCCCCCCCCCCCC. The van der Waals surface area contributed by atoms with Crippen molar-refractivity contribution < 1.29 is 29.5 Å². The number of ether oxygens (including phenoxy) is 3. The van der Waals surface area contributed by atoms with E-state index in [0.717, 1.165) is 57.9 Å². The molecule has 2 amide bonds. The van der Waals surface area contributed by atoms with Crippen molar-refractivity contribution in [1.82, 2.24) is 10.6 Å². The average Bonchev–Trinajstić information content (AvgIpc) is 3.28. The molecule has 1 aromatic carbocycles. The van der Waals surface area contributed by atoms with Gasteiger partial charge >= 0.3 is 0 Å². The third kappa shape index (κ3) is 34.9. The van der Waals surface area contributed by atoms with Gasteiger partial charge in [-0.05, 0) is 57.1 Å². The second-order valence-electron chi connectivity index (χ2n) is 18.2. The van der Waals surface area contributed by atoms with Crippen LogP contribution < -0.4 is 30.6 Å². The average molecular weight is 873 g/mol. The van der Waals surface area contributed by atoms with Crippen molar-refractivity contribution in [2.45, 2.75) is 258 Å². The van der Waals surface area contributed by atoms with Gasteiger partial charge in [0.1, 0.15) is 0 Å². The number of benzene rings is 1. The lowest BCUT2D eigenvalue weighted by molar-refractivity contribution is -0.368. The summed E-state index contributed by atoms with van der Waals surface area (Å²) in [5.74, 6) is 1.71. The Bertz CT molecular complexity index is 1100. The van der Waals surface area contributed by atoms with E-state index in [-0.39, 0.29) is 11.8 Å². The van der Waals surface area contributed by atoms with Gasteiger partial charge in [0.05, 0.1) is 26.4 Å². The number of carbonyl (C=O) groups excluding carboxylic acids is 2. The van der Waals surface area contributed by atoms with Crippen LogP contribution in [-0.2, 0) is 4.79 Å². The van der Waals surface area contributed by atoms with Gasteiger partial charge in [-0.2, -0.15) is 0 Å². The molecule has 0 aliphatic rings. The van der Waals surface area contributed by atoms with Gasteiger partial charge in [-0.25, -0.2) is 0 Å². The number of amides is 2. The Morgan fingerprint density at radius 1 is 0.419 bits per heavy atom. The molecule has 0 aliphatic carbocycles. The Hall–Kier alpha value is -2.48. The number of unbranched alkanes of at least 4 members (excludes halogenated alkanes) is 31. The zero-order chi connectivity index (χ0) is 44.8. The van der Waals surface area contributed by atoms with E-state index in [2.05, 4.69) is 37.1 Å². The number of quaternary nitrogens is 1. The van der Waals surface area contributed by atoms with Crippen molar-refractivity contribution in [2.75, 3.05) is 39.5 Å². The minimum atomic E-state index is -0.179. The molecule has 0 bridgehead atoms. The van der Waals surface area contributed by atoms with Crippen LogP contribution in [0.2, 0.25) is 0 Å². The van der Waals surface area contributed by atoms with Crippen LogP contribution in [0.4, 0.5) is 0 Å². The Morgan fingerprint density at radius 3 is 1.16 bits per heavy atom. The van der Waals surface area contributed by atoms with Crippen molar-refractivity contribution in [1.29, 1.82) is 0 Å². The van der Waals surface area contributed by atoms with Crippen molar-refractivity contribution in [3.05, 3.63) is 17.7 Å². The predicted molar refractivity (Wildman–Crippen MR) is 264 cm³/mol. The number of hydrogen-bond donors (Lipinski definition) is 3. The van der Waals surface area contributed by atoms with Crippen LogP contribution in [0.1, 0.15) is 269 Å². The molecular formula is C54H102N3O5+. The van der Waals surface area contributed by atoms with Crippen LogP contribution in [0.25, 0.3) is 0 Å². The number of hydrogen-bond acceptors (Lipinski definition) is 5. The summed E-state index contributed by atoms with van der Waals surface area (Å²) >= 11 is 0. The quantitative estimate of drug-likeness (QED) is 0.0565. The first-order valence-electron chi connectivity index (χ1n) is 27.0. The third-order valence-corrected chi connectivity index (χ3v) is 12.2. The highest BCUT2D eigenvalue weighted by Gasteiger charge is 2.19. The fourth-order valence-corrected chi connectivity index (χ4v) is 8.07. The molecule has 0 aliphatic heterocycles. The highest BCUT2D eigenvalue weighted by molar-refractivity contribution is 5.95. The first kappa shape index (κ1) is 57.5. The molecular weight excluding hydrogens is 771 g/mol. The molecule has 1 rings (SSSR count). The Labute approximate surface area is 383 Å². The summed E-state index contributed by atoms with van der Waals surface area (Å²) in [6, 6.07) is 3.69. The lowest BCUT2D eigenvalue weighted by Gasteiger charge is -2.19. The zero-order valence-electron chi connectivity index (χ0n) is 41.3. The molecule has 0 spiro atoms. The van der Waals surface area contributed by atoms with Crippen LogP contribution in [0, 0.1) is 0 Å². The molecule has 8 heteroatoms. The van der Waals surface area contributed by atoms with E-state index in [9.17, 15) is 9.59 Å². The molecule has 362 valence electrons. The maximum atomic E-state index is 13.6. The summed E-state index contributed by atoms with van der Waals surface area (Å²) in [6.07, 6.45) is 44.8. The molecule has 0 saturated heterocycles. The van der Waals surface area contributed by atoms with Crippen LogP contribution in [0.5, 0.6) is 17.2 Å². The molecule has 0 heterocycles. The van der Waals surface area contributed by atoms with Gasteiger partial charge in [0.2, 0.25) is 11.7 Å². The molecule has 0 fully saturated rings. The summed E-state index contributed by atoms with van der Waals surface area (Å²) in [5.41, 5.74) is 4.42. The van der Waals surface area contributed by atoms with Crippen LogP contribution in [-0.4, -0.2) is 51.3 Å². The van der Waals surface area contributed by atoms with Gasteiger partial charge in [0.15, 0.2) is 11.5 Å². The summed E-state index contributed by atoms with van der Waals surface area (Å²) in [6.45, 7) is 10.7. The van der Waals surface area contributed by atoms with Gasteiger partial charge in [-0.1, -0.05) is 207 Å². The van der Waals surface area contributed by atoms with Crippen molar-refractivity contribution >= 4 is 11.8 Å². The molecule has 62 heavy (non-hydrogen) atoms. The normalized spacial score (nSPS) is 11.2. The van der Waals surface area contributed by atoms with E-state index in [1.54, 1.807) is 0 Å². The first-order chi connectivity index (χ1) is 30.6. The lowest BCUT2D eigenvalue weighted by atomic mass is 10.1. The molecule has 1 aromatic rings. The predicted octanol–water partition coefficient (Wildman–Crippen LogP) is 14.4. The maximum absolute atomic E-state index is 13.6. The maximum Gasteiger partial charge on any atom is 0.251 e. The second kappa shape index (κ2) is 45.1. The summed E-state index contributed by atoms with van der Waals surface area (Å²) < 4.78 is 19.5. The Kier molecular flexibility index (Phi) is 41.9. The van der Waals surface area contributed by atoms with E-state index in [4.69, 9.17) is 14.2 Å². The Balaban J connectivity index is 2.90. The third-order valence-electron chi connectivity index (χ3n) is 12.2. The van der Waals surface area contributed by atoms with Crippen molar-refractivity contribution in [3.8, 4) is 17.2 Å². The van der Waals surface area contributed by atoms with E-state index < -0.39 is 0 Å². The van der Waals surface area contributed by atoms with Gasteiger partial charge in [0, 0.05) is 25.1 Å². The van der Waals surface area contributed by atoms with Crippen LogP contribution >= 0.6 is 0 Å². The first-order valence-corrected chi connectivity index (χ1v) is 27.0. The number of nitrogens with one attached hydrogen (secondary N) is 2. The highest BCUT2D eigenvalue weighted by Crippen LogP contribution is 2.40. The van der Waals surface area contributed by atoms with Crippen molar-refractivity contribution in [3.63, 3.8) is 0 Å². The summed E-state index contributed by atoms with van der Waals surface area (Å²) in [7, 11) is 0. The van der Waals surface area contributed by atoms with Crippen molar-refractivity contribution in [2.24, 2.45) is 0 Å². The summed E-state index contributed by atoms with van der Waals surface area (Å²) in [5, 5.41) is 6.10. The highest BCUT2D eigenvalue weighted by atomic mass is 16.5. The molecule has 0 aromatic heterocycles. The lowest BCUT2D eigenvalue weighted by Crippen LogP contribution is -2.50. The fourth-order valence-electron chi connectivity index (χ4n) is 8.07. The van der Waals surface area contributed by atoms with Gasteiger partial charge in [-0.15, -0.1) is 0 Å². The van der Waals surface area contributed by atoms with E-state index in [0.29, 0.717) is 68.6 Å². The van der Waals surface area contributed by atoms with E-state index in [1.165, 1.54) is 173 Å². The largest absolute Gasteiger partial charge is 0.490 e. The minimum absolute atomic E-state index is 0.0474. The molecule has 0 unspecified atom stereocenters. The fraction of sp³-hybridized carbons (Fsp3) is 0.852. The minimum Gasteiger partial charge on any atom is -0.490 e. The van der Waals surface area contributed by atoms with E-state index >= 15 is 0 Å². The molecule has 0 atom stereocenters. The standard InChI is InChI=1S/C54H101N3O5/c1-4-7-10-13-16-19-22-25-31-36-44-60-50-47-49(54(59)57-43-39-40-52(58)56-42-35-30-28-29-34-41-55)48-51(61-45-37-32-26-23-20-17-14-11-8-5-2)53(50)62-46-38-33-27-24-21-18-15-12-9-6-3/h47-48H,4-46,55H2,1-3H3,(H,56,58)(H,57,59)/p+1. The Morgan fingerprint density at radius 2 is 0.758 bits per heavy atom.